The number of hydrogen-bond donors (Lipinski definition) is 1. The van der Waals surface area contributed by atoms with Gasteiger partial charge >= 0.3 is 12.1 Å². The number of fused-ring (bicyclic) bond motifs is 1. The number of rotatable bonds is 6. The van der Waals surface area contributed by atoms with E-state index in [9.17, 15) is 31.5 Å². The lowest BCUT2D eigenvalue weighted by molar-refractivity contribution is -0.137. The molecule has 0 amide bonds. The highest BCUT2D eigenvalue weighted by Gasteiger charge is 2.33. The molecule has 3 heterocycles. The summed E-state index contributed by atoms with van der Waals surface area (Å²) in [5.74, 6) is -1.37. The van der Waals surface area contributed by atoms with Gasteiger partial charge in [-0.1, -0.05) is 18.2 Å². The number of aromatic carboxylic acids is 1. The molecule has 0 aliphatic carbocycles. The van der Waals surface area contributed by atoms with Gasteiger partial charge in [-0.25, -0.2) is 18.2 Å². The zero-order valence-corrected chi connectivity index (χ0v) is 22.8. The van der Waals surface area contributed by atoms with Crippen LogP contribution in [0.4, 0.5) is 13.2 Å². The lowest BCUT2D eigenvalue weighted by Gasteiger charge is -2.40. The van der Waals surface area contributed by atoms with Crippen molar-refractivity contribution in [1.82, 2.24) is 14.8 Å². The number of piperidine rings is 1. The van der Waals surface area contributed by atoms with E-state index in [4.69, 9.17) is 4.74 Å². The van der Waals surface area contributed by atoms with Crippen LogP contribution in [0.1, 0.15) is 34.3 Å². The molecule has 12 heteroatoms. The Morgan fingerprint density at radius 2 is 1.75 bits per heavy atom. The summed E-state index contributed by atoms with van der Waals surface area (Å²) in [6.07, 6.45) is -1.93. The molecule has 1 N–H and O–H groups in total. The molecule has 2 aliphatic heterocycles. The van der Waals surface area contributed by atoms with Gasteiger partial charge in [0.1, 0.15) is 0 Å². The maximum absolute atomic E-state index is 13.6. The summed E-state index contributed by atoms with van der Waals surface area (Å²) in [4.78, 5) is 21.7. The van der Waals surface area contributed by atoms with E-state index < -0.39 is 27.5 Å². The topological polar surface area (TPSA) is 100 Å². The van der Waals surface area contributed by atoms with Crippen LogP contribution in [0.3, 0.4) is 0 Å². The molecular formula is C28H30F3N3O5S. The molecule has 0 radical (unpaired) electrons. The summed E-state index contributed by atoms with van der Waals surface area (Å²) < 4.78 is 71.5. The van der Waals surface area contributed by atoms with Gasteiger partial charge in [0, 0.05) is 48.4 Å². The van der Waals surface area contributed by atoms with E-state index in [1.807, 2.05) is 0 Å². The lowest BCUT2D eigenvalue weighted by atomic mass is 9.94. The Balaban J connectivity index is 1.63. The molecule has 3 aromatic rings. The van der Waals surface area contributed by atoms with Gasteiger partial charge in [-0.3, -0.25) is 9.80 Å². The van der Waals surface area contributed by atoms with Gasteiger partial charge in [-0.15, -0.1) is 0 Å². The van der Waals surface area contributed by atoms with E-state index in [1.165, 1.54) is 30.3 Å². The van der Waals surface area contributed by atoms with Crippen molar-refractivity contribution >= 4 is 26.7 Å². The van der Waals surface area contributed by atoms with Crippen LogP contribution in [-0.4, -0.2) is 86.0 Å². The number of carbonyl (C=O) groups is 1. The number of halogens is 3. The zero-order chi connectivity index (χ0) is 28.7. The number of nitrogens with zero attached hydrogens (tertiary/aromatic N) is 3. The standard InChI is InChI=1S/C28H30F3N3O5S/c1-40(37,38)23-7-3-6-22-25(23)24(27(35)36)21(26(32-22)18-4-2-5-19(16-18)28(29,30)31)17-33-10-8-20(9-11-33)34-12-14-39-15-13-34/h2-7,16,20H,8-15,17H2,1H3,(H,35,36). The first-order valence-corrected chi connectivity index (χ1v) is 14.9. The number of likely N-dealkylation sites (tertiary alicyclic amines) is 1. The minimum absolute atomic E-state index is 0.0357. The van der Waals surface area contributed by atoms with E-state index in [2.05, 4.69) is 14.8 Å². The van der Waals surface area contributed by atoms with Gasteiger partial charge in [0.05, 0.1) is 40.4 Å². The fourth-order valence-corrected chi connectivity index (χ4v) is 6.61. The highest BCUT2D eigenvalue weighted by Crippen LogP contribution is 2.37. The number of morpholine rings is 1. The van der Waals surface area contributed by atoms with Crippen molar-refractivity contribution in [3.05, 3.63) is 59.2 Å². The largest absolute Gasteiger partial charge is 0.478 e. The third-order valence-electron chi connectivity index (χ3n) is 7.65. The molecule has 5 rings (SSSR count). The summed E-state index contributed by atoms with van der Waals surface area (Å²) in [7, 11) is -3.84. The second-order valence-corrected chi connectivity index (χ2v) is 12.3. The zero-order valence-electron chi connectivity index (χ0n) is 21.9. The Kier molecular flexibility index (Phi) is 7.88. The molecule has 0 saturated carbocycles. The molecule has 2 fully saturated rings. The summed E-state index contributed by atoms with van der Waals surface area (Å²) in [5.41, 5.74) is -0.651. The maximum atomic E-state index is 13.6. The fourth-order valence-electron chi connectivity index (χ4n) is 5.71. The number of aromatic nitrogens is 1. The second-order valence-electron chi connectivity index (χ2n) is 10.3. The summed E-state index contributed by atoms with van der Waals surface area (Å²) in [6, 6.07) is 9.24. The molecule has 2 aliphatic rings. The van der Waals surface area contributed by atoms with Crippen molar-refractivity contribution in [2.75, 3.05) is 45.6 Å². The maximum Gasteiger partial charge on any atom is 0.416 e. The number of carboxylic acid groups (broad SMARTS) is 1. The minimum atomic E-state index is -4.60. The Morgan fingerprint density at radius 3 is 2.38 bits per heavy atom. The molecule has 0 atom stereocenters. The SMILES string of the molecule is CS(=O)(=O)c1cccc2nc(-c3cccc(C(F)(F)F)c3)c(CN3CCC(N4CCOCC4)CC3)c(C(=O)O)c12. The van der Waals surface area contributed by atoms with E-state index in [-0.39, 0.29) is 44.7 Å². The molecule has 0 bridgehead atoms. The van der Waals surface area contributed by atoms with Gasteiger partial charge in [-0.2, -0.15) is 13.2 Å². The molecule has 2 aromatic carbocycles. The van der Waals surface area contributed by atoms with Crippen LogP contribution in [0, 0.1) is 0 Å². The van der Waals surface area contributed by atoms with Gasteiger partial charge in [0.15, 0.2) is 9.84 Å². The number of alkyl halides is 3. The van der Waals surface area contributed by atoms with Crippen LogP contribution in [0.15, 0.2) is 47.4 Å². The third-order valence-corrected chi connectivity index (χ3v) is 8.79. The summed E-state index contributed by atoms with van der Waals surface area (Å²) in [6.45, 7) is 4.49. The first-order chi connectivity index (χ1) is 18.9. The number of sulfone groups is 1. The number of carboxylic acids is 1. The van der Waals surface area contributed by atoms with Crippen molar-refractivity contribution in [2.24, 2.45) is 0 Å². The van der Waals surface area contributed by atoms with E-state index in [1.54, 1.807) is 0 Å². The quantitative estimate of drug-likeness (QED) is 0.463. The molecule has 40 heavy (non-hydrogen) atoms. The first-order valence-electron chi connectivity index (χ1n) is 13.0. The molecule has 1 aromatic heterocycles. The number of ether oxygens (including phenoxy) is 1. The predicted molar refractivity (Wildman–Crippen MR) is 143 cm³/mol. The Labute approximate surface area is 230 Å². The highest BCUT2D eigenvalue weighted by molar-refractivity contribution is 7.91. The predicted octanol–water partition coefficient (Wildman–Crippen LogP) is 4.32. The van der Waals surface area contributed by atoms with E-state index in [0.29, 0.717) is 32.3 Å². The van der Waals surface area contributed by atoms with Gasteiger partial charge in [0.2, 0.25) is 0 Å². The highest BCUT2D eigenvalue weighted by atomic mass is 32.2. The van der Waals surface area contributed by atoms with Gasteiger partial charge in [0.25, 0.3) is 0 Å². The monoisotopic (exact) mass is 577 g/mol. The molecule has 0 spiro atoms. The first kappa shape index (κ1) is 28.5. The van der Waals surface area contributed by atoms with Crippen LogP contribution < -0.4 is 0 Å². The van der Waals surface area contributed by atoms with Crippen molar-refractivity contribution in [2.45, 2.75) is 36.5 Å². The molecule has 8 nitrogen and oxygen atoms in total. The Hall–Kier alpha value is -3.06. The van der Waals surface area contributed by atoms with Crippen LogP contribution in [0.25, 0.3) is 22.2 Å². The van der Waals surface area contributed by atoms with Crippen molar-refractivity contribution in [3.63, 3.8) is 0 Å². The van der Waals surface area contributed by atoms with Crippen molar-refractivity contribution in [1.29, 1.82) is 0 Å². The van der Waals surface area contributed by atoms with Gasteiger partial charge in [-0.05, 0) is 50.2 Å². The fraction of sp³-hybridized carbons (Fsp3) is 0.429. The normalized spacial score (nSPS) is 18.3. The summed E-state index contributed by atoms with van der Waals surface area (Å²) >= 11 is 0. The molecule has 214 valence electrons. The van der Waals surface area contributed by atoms with Crippen molar-refractivity contribution in [3.8, 4) is 11.3 Å². The smallest absolute Gasteiger partial charge is 0.416 e. The Bertz CT molecular complexity index is 1530. The van der Waals surface area contributed by atoms with E-state index in [0.717, 1.165) is 44.3 Å². The van der Waals surface area contributed by atoms with Crippen molar-refractivity contribution < 1.29 is 36.2 Å². The number of pyridine rings is 1. The Morgan fingerprint density at radius 1 is 1.07 bits per heavy atom. The molecular weight excluding hydrogens is 547 g/mol. The molecule has 0 unspecified atom stereocenters. The number of hydrogen-bond acceptors (Lipinski definition) is 7. The minimum Gasteiger partial charge on any atom is -0.478 e. The van der Waals surface area contributed by atoms with Crippen LogP contribution in [-0.2, 0) is 27.3 Å². The van der Waals surface area contributed by atoms with Crippen LogP contribution in [0.2, 0.25) is 0 Å². The average molecular weight is 578 g/mol. The number of benzene rings is 2. The second kappa shape index (κ2) is 11.1. The van der Waals surface area contributed by atoms with Crippen LogP contribution >= 0.6 is 0 Å². The van der Waals surface area contributed by atoms with Crippen LogP contribution in [0.5, 0.6) is 0 Å². The van der Waals surface area contributed by atoms with E-state index >= 15 is 0 Å². The van der Waals surface area contributed by atoms with Gasteiger partial charge < -0.3 is 9.84 Å². The third kappa shape index (κ3) is 5.85. The summed E-state index contributed by atoms with van der Waals surface area (Å²) in [5, 5.41) is 10.4. The lowest BCUT2D eigenvalue weighted by Crippen LogP contribution is -2.48. The average Bonchev–Trinajstić information content (AvgIpc) is 2.92. The molecule has 2 saturated heterocycles.